The second-order valence-electron chi connectivity index (χ2n) is 4.07. The Morgan fingerprint density at radius 1 is 1.31 bits per heavy atom. The molecule has 0 spiro atoms. The Bertz CT molecular complexity index is 460. The van der Waals surface area contributed by atoms with Crippen LogP contribution in [0.5, 0.6) is 0 Å². The van der Waals surface area contributed by atoms with E-state index in [0.29, 0.717) is 6.42 Å². The molecule has 2 aromatic rings. The molecule has 1 aromatic carbocycles. The number of imidazole rings is 1. The zero-order valence-electron chi connectivity index (χ0n) is 9.59. The van der Waals surface area contributed by atoms with Crippen LogP contribution in [-0.2, 0) is 13.5 Å². The summed E-state index contributed by atoms with van der Waals surface area (Å²) in [6, 6.07) is 10.1. The number of benzene rings is 1. The average molecular weight is 216 g/mol. The van der Waals surface area contributed by atoms with E-state index in [9.17, 15) is 5.11 Å². The molecule has 1 N–H and O–H groups in total. The van der Waals surface area contributed by atoms with Gasteiger partial charge in [0.15, 0.2) is 0 Å². The summed E-state index contributed by atoms with van der Waals surface area (Å²) < 4.78 is 1.99. The van der Waals surface area contributed by atoms with Gasteiger partial charge in [-0.15, -0.1) is 0 Å². The Morgan fingerprint density at radius 2 is 2.00 bits per heavy atom. The van der Waals surface area contributed by atoms with Crippen molar-refractivity contribution in [1.82, 2.24) is 9.55 Å². The van der Waals surface area contributed by atoms with Crippen LogP contribution in [0, 0.1) is 0 Å². The molecule has 1 heterocycles. The maximum Gasteiger partial charge on any atom is 0.0951 e. The number of aromatic nitrogens is 2. The van der Waals surface area contributed by atoms with E-state index in [1.165, 1.54) is 0 Å². The first-order chi connectivity index (χ1) is 7.68. The molecule has 16 heavy (non-hydrogen) atoms. The monoisotopic (exact) mass is 216 g/mol. The van der Waals surface area contributed by atoms with E-state index in [-0.39, 0.29) is 6.10 Å². The van der Waals surface area contributed by atoms with Gasteiger partial charge in [0.25, 0.3) is 0 Å². The summed E-state index contributed by atoms with van der Waals surface area (Å²) in [6.45, 7) is 1.78. The Labute approximate surface area is 95.4 Å². The van der Waals surface area contributed by atoms with Crippen molar-refractivity contribution in [3.05, 3.63) is 42.4 Å². The van der Waals surface area contributed by atoms with E-state index in [1.54, 1.807) is 13.3 Å². The molecule has 2 rings (SSSR count). The molecule has 3 nitrogen and oxygen atoms in total. The fourth-order valence-electron chi connectivity index (χ4n) is 1.87. The first-order valence-corrected chi connectivity index (χ1v) is 5.42. The van der Waals surface area contributed by atoms with E-state index >= 15 is 0 Å². The zero-order valence-corrected chi connectivity index (χ0v) is 9.59. The zero-order chi connectivity index (χ0) is 11.5. The third kappa shape index (κ3) is 2.14. The molecule has 1 atom stereocenters. The molecule has 0 fully saturated rings. The van der Waals surface area contributed by atoms with Gasteiger partial charge in [0.2, 0.25) is 0 Å². The quantitative estimate of drug-likeness (QED) is 0.852. The number of hydrogen-bond donors (Lipinski definition) is 1. The van der Waals surface area contributed by atoms with Crippen LogP contribution in [0.15, 0.2) is 36.7 Å². The van der Waals surface area contributed by atoms with E-state index in [1.807, 2.05) is 29.8 Å². The minimum Gasteiger partial charge on any atom is -0.393 e. The maximum absolute atomic E-state index is 9.44. The third-order valence-corrected chi connectivity index (χ3v) is 2.55. The van der Waals surface area contributed by atoms with Gasteiger partial charge in [-0.05, 0) is 6.92 Å². The molecule has 1 aromatic heterocycles. The van der Waals surface area contributed by atoms with Crippen molar-refractivity contribution >= 4 is 0 Å². The number of hydrogen-bond acceptors (Lipinski definition) is 2. The van der Waals surface area contributed by atoms with Crippen LogP contribution in [0.25, 0.3) is 11.3 Å². The predicted octanol–water partition coefficient (Wildman–Crippen LogP) is 2.01. The molecule has 0 saturated heterocycles. The lowest BCUT2D eigenvalue weighted by Gasteiger charge is -2.07. The van der Waals surface area contributed by atoms with E-state index < -0.39 is 0 Å². The van der Waals surface area contributed by atoms with Gasteiger partial charge in [-0.25, -0.2) is 4.98 Å². The summed E-state index contributed by atoms with van der Waals surface area (Å²) in [5.41, 5.74) is 3.17. The summed E-state index contributed by atoms with van der Waals surface area (Å²) in [7, 11) is 1.97. The molecular weight excluding hydrogens is 200 g/mol. The second-order valence-corrected chi connectivity index (χ2v) is 4.07. The number of aliphatic hydroxyl groups excluding tert-OH is 1. The summed E-state index contributed by atoms with van der Waals surface area (Å²) >= 11 is 0. The standard InChI is InChI=1S/C13H16N2O/c1-10(16)8-12-13(15(2)9-14-12)11-6-4-3-5-7-11/h3-7,9-10,16H,8H2,1-2H3. The van der Waals surface area contributed by atoms with Crippen LogP contribution in [0.2, 0.25) is 0 Å². The predicted molar refractivity (Wildman–Crippen MR) is 64.0 cm³/mol. The highest BCUT2D eigenvalue weighted by atomic mass is 16.3. The lowest BCUT2D eigenvalue weighted by molar-refractivity contribution is 0.194. The Morgan fingerprint density at radius 3 is 2.62 bits per heavy atom. The van der Waals surface area contributed by atoms with Crippen molar-refractivity contribution in [3.63, 3.8) is 0 Å². The van der Waals surface area contributed by atoms with Gasteiger partial charge in [-0.2, -0.15) is 0 Å². The molecule has 0 aliphatic heterocycles. The van der Waals surface area contributed by atoms with Crippen molar-refractivity contribution in [2.24, 2.45) is 7.05 Å². The van der Waals surface area contributed by atoms with Crippen LogP contribution in [0.1, 0.15) is 12.6 Å². The van der Waals surface area contributed by atoms with Crippen molar-refractivity contribution in [2.45, 2.75) is 19.4 Å². The molecule has 0 aliphatic carbocycles. The molecule has 0 radical (unpaired) electrons. The van der Waals surface area contributed by atoms with Crippen LogP contribution in [-0.4, -0.2) is 20.8 Å². The molecule has 1 unspecified atom stereocenters. The van der Waals surface area contributed by atoms with Gasteiger partial charge in [-0.3, -0.25) is 0 Å². The SMILES string of the molecule is CC(O)Cc1ncn(C)c1-c1ccccc1. The highest BCUT2D eigenvalue weighted by molar-refractivity contribution is 5.62. The van der Waals surface area contributed by atoms with Gasteiger partial charge < -0.3 is 9.67 Å². The van der Waals surface area contributed by atoms with Gasteiger partial charge in [0.1, 0.15) is 0 Å². The number of rotatable bonds is 3. The first kappa shape index (κ1) is 10.9. The third-order valence-electron chi connectivity index (χ3n) is 2.55. The molecule has 3 heteroatoms. The fraction of sp³-hybridized carbons (Fsp3) is 0.308. The Kier molecular flexibility index (Phi) is 3.06. The van der Waals surface area contributed by atoms with Gasteiger partial charge in [-0.1, -0.05) is 30.3 Å². The maximum atomic E-state index is 9.44. The summed E-state index contributed by atoms with van der Waals surface area (Å²) in [6.07, 6.45) is 2.02. The molecule has 0 saturated carbocycles. The Hall–Kier alpha value is -1.61. The highest BCUT2D eigenvalue weighted by Gasteiger charge is 2.12. The van der Waals surface area contributed by atoms with E-state index in [2.05, 4.69) is 17.1 Å². The van der Waals surface area contributed by atoms with Crippen molar-refractivity contribution in [3.8, 4) is 11.3 Å². The van der Waals surface area contributed by atoms with Crippen molar-refractivity contribution < 1.29 is 5.11 Å². The van der Waals surface area contributed by atoms with E-state index in [0.717, 1.165) is 17.0 Å². The number of nitrogens with zero attached hydrogens (tertiary/aromatic N) is 2. The normalized spacial score (nSPS) is 12.7. The summed E-state index contributed by atoms with van der Waals surface area (Å²) in [5, 5.41) is 9.44. The minimum absolute atomic E-state index is 0.364. The van der Waals surface area contributed by atoms with Gasteiger partial charge >= 0.3 is 0 Å². The summed E-state index contributed by atoms with van der Waals surface area (Å²) in [5.74, 6) is 0. The average Bonchev–Trinajstić information content (AvgIpc) is 2.60. The smallest absolute Gasteiger partial charge is 0.0951 e. The number of aliphatic hydroxyl groups is 1. The lowest BCUT2D eigenvalue weighted by atomic mass is 10.1. The first-order valence-electron chi connectivity index (χ1n) is 5.42. The topological polar surface area (TPSA) is 38.1 Å². The van der Waals surface area contributed by atoms with Crippen LogP contribution in [0.3, 0.4) is 0 Å². The van der Waals surface area contributed by atoms with Crippen molar-refractivity contribution in [2.75, 3.05) is 0 Å². The highest BCUT2D eigenvalue weighted by Crippen LogP contribution is 2.23. The van der Waals surface area contributed by atoms with Gasteiger partial charge in [0, 0.05) is 19.0 Å². The molecule has 84 valence electrons. The molecule has 0 amide bonds. The van der Waals surface area contributed by atoms with Crippen molar-refractivity contribution in [1.29, 1.82) is 0 Å². The molecular formula is C13H16N2O. The lowest BCUT2D eigenvalue weighted by Crippen LogP contribution is -2.06. The summed E-state index contributed by atoms with van der Waals surface area (Å²) in [4.78, 5) is 4.34. The Balaban J connectivity index is 2.43. The molecule has 0 bridgehead atoms. The number of aryl methyl sites for hydroxylation is 1. The molecule has 0 aliphatic rings. The van der Waals surface area contributed by atoms with Crippen LogP contribution in [0.4, 0.5) is 0 Å². The second kappa shape index (κ2) is 4.49. The fourth-order valence-corrected chi connectivity index (χ4v) is 1.87. The van der Waals surface area contributed by atoms with Gasteiger partial charge in [0.05, 0.1) is 23.8 Å². The minimum atomic E-state index is -0.364. The van der Waals surface area contributed by atoms with Crippen LogP contribution < -0.4 is 0 Å². The van der Waals surface area contributed by atoms with E-state index in [4.69, 9.17) is 0 Å². The largest absolute Gasteiger partial charge is 0.393 e. The van der Waals surface area contributed by atoms with Crippen LogP contribution >= 0.6 is 0 Å².